The Morgan fingerprint density at radius 3 is 2.55 bits per heavy atom. The Bertz CT molecular complexity index is 526. The van der Waals surface area contributed by atoms with Crippen molar-refractivity contribution in [2.75, 3.05) is 31.2 Å². The van der Waals surface area contributed by atoms with Crippen LogP contribution in [0.1, 0.15) is 17.3 Å². The largest absolute Gasteiger partial charge is 0.481 e. The average molecular weight is 281 g/mol. The van der Waals surface area contributed by atoms with Gasteiger partial charge in [-0.05, 0) is 25.1 Å². The lowest BCUT2D eigenvalue weighted by Crippen LogP contribution is -2.36. The van der Waals surface area contributed by atoms with E-state index in [2.05, 4.69) is 0 Å². The number of hydrogen-bond donors (Lipinski definition) is 1. The topological polar surface area (TPSA) is 66.8 Å². The maximum atomic E-state index is 14.1. The van der Waals surface area contributed by atoms with Crippen molar-refractivity contribution in [3.05, 3.63) is 29.6 Å². The van der Waals surface area contributed by atoms with Crippen LogP contribution in [-0.2, 0) is 9.53 Å². The number of aliphatic carboxylic acids is 1. The molecule has 1 heterocycles. The molecule has 0 radical (unpaired) electrons. The first-order valence-electron chi connectivity index (χ1n) is 6.40. The summed E-state index contributed by atoms with van der Waals surface area (Å²) >= 11 is 0. The number of nitrogens with zero attached hydrogens (tertiary/aromatic N) is 1. The van der Waals surface area contributed by atoms with Gasteiger partial charge < -0.3 is 14.7 Å². The van der Waals surface area contributed by atoms with Crippen molar-refractivity contribution < 1.29 is 23.8 Å². The maximum Gasteiger partial charge on any atom is 0.314 e. The summed E-state index contributed by atoms with van der Waals surface area (Å²) in [7, 11) is 0. The van der Waals surface area contributed by atoms with E-state index >= 15 is 0 Å². The molecule has 1 fully saturated rings. The fourth-order valence-corrected chi connectivity index (χ4v) is 2.08. The molecule has 1 aliphatic heterocycles. The number of halogens is 1. The quantitative estimate of drug-likeness (QED) is 0.670. The Balaban J connectivity index is 2.21. The third-order valence-corrected chi connectivity index (χ3v) is 3.35. The Labute approximate surface area is 116 Å². The standard InChI is InChI=1S/C14H16FNO4/c1-9(14(18)19)13(17)10-2-3-12(11(15)8-10)16-4-6-20-7-5-16/h2-3,8-9H,4-7H2,1H3,(H,18,19). The fourth-order valence-electron chi connectivity index (χ4n) is 2.08. The lowest BCUT2D eigenvalue weighted by molar-refractivity contribution is -0.139. The van der Waals surface area contributed by atoms with E-state index in [1.165, 1.54) is 19.1 Å². The second kappa shape index (κ2) is 6.00. The minimum atomic E-state index is -1.22. The van der Waals surface area contributed by atoms with Crippen LogP contribution in [0, 0.1) is 11.7 Å². The molecule has 0 aromatic heterocycles. The summed E-state index contributed by atoms with van der Waals surface area (Å²) in [6.07, 6.45) is 0. The van der Waals surface area contributed by atoms with Crippen molar-refractivity contribution in [2.24, 2.45) is 5.92 Å². The molecule has 1 aromatic rings. The van der Waals surface area contributed by atoms with Gasteiger partial charge in [0.15, 0.2) is 5.78 Å². The molecule has 1 aliphatic rings. The van der Waals surface area contributed by atoms with Crippen LogP contribution in [0.15, 0.2) is 18.2 Å². The first kappa shape index (κ1) is 14.5. The van der Waals surface area contributed by atoms with E-state index in [9.17, 15) is 14.0 Å². The molecule has 0 aliphatic carbocycles. The van der Waals surface area contributed by atoms with Crippen LogP contribution in [-0.4, -0.2) is 43.2 Å². The molecule has 0 bridgehead atoms. The third-order valence-electron chi connectivity index (χ3n) is 3.35. The number of carboxylic acid groups (broad SMARTS) is 1. The van der Waals surface area contributed by atoms with Crippen LogP contribution >= 0.6 is 0 Å². The summed E-state index contributed by atoms with van der Waals surface area (Å²) in [5.41, 5.74) is 0.488. The molecule has 1 unspecified atom stereocenters. The maximum absolute atomic E-state index is 14.1. The summed E-state index contributed by atoms with van der Waals surface area (Å²) in [4.78, 5) is 24.5. The number of anilines is 1. The number of hydrogen-bond acceptors (Lipinski definition) is 4. The zero-order valence-corrected chi connectivity index (χ0v) is 11.1. The Hall–Kier alpha value is -1.95. The number of carboxylic acids is 1. The molecule has 20 heavy (non-hydrogen) atoms. The predicted molar refractivity (Wildman–Crippen MR) is 70.6 cm³/mol. The van der Waals surface area contributed by atoms with Crippen LogP contribution in [0.3, 0.4) is 0 Å². The van der Waals surface area contributed by atoms with E-state index in [0.717, 1.165) is 6.07 Å². The van der Waals surface area contributed by atoms with E-state index in [4.69, 9.17) is 9.84 Å². The molecule has 1 saturated heterocycles. The highest BCUT2D eigenvalue weighted by atomic mass is 19.1. The van der Waals surface area contributed by atoms with Gasteiger partial charge in [0.25, 0.3) is 0 Å². The van der Waals surface area contributed by atoms with E-state index < -0.39 is 23.5 Å². The first-order valence-corrected chi connectivity index (χ1v) is 6.40. The molecular weight excluding hydrogens is 265 g/mol. The molecule has 0 amide bonds. The highest BCUT2D eigenvalue weighted by Crippen LogP contribution is 2.23. The highest BCUT2D eigenvalue weighted by molar-refractivity contribution is 6.08. The number of carbonyl (C=O) groups excluding carboxylic acids is 1. The lowest BCUT2D eigenvalue weighted by Gasteiger charge is -2.29. The van der Waals surface area contributed by atoms with Crippen molar-refractivity contribution in [2.45, 2.75) is 6.92 Å². The van der Waals surface area contributed by atoms with Gasteiger partial charge in [-0.1, -0.05) is 0 Å². The summed E-state index contributed by atoms with van der Waals surface area (Å²) in [5, 5.41) is 8.80. The second-order valence-corrected chi connectivity index (χ2v) is 4.69. The van der Waals surface area contributed by atoms with E-state index in [-0.39, 0.29) is 5.56 Å². The van der Waals surface area contributed by atoms with Crippen molar-refractivity contribution in [3.8, 4) is 0 Å². The van der Waals surface area contributed by atoms with Crippen molar-refractivity contribution in [3.63, 3.8) is 0 Å². The minimum Gasteiger partial charge on any atom is -0.481 e. The Morgan fingerprint density at radius 1 is 1.35 bits per heavy atom. The smallest absolute Gasteiger partial charge is 0.314 e. The van der Waals surface area contributed by atoms with Gasteiger partial charge in [0.1, 0.15) is 11.7 Å². The van der Waals surface area contributed by atoms with Crippen LogP contribution in [0.25, 0.3) is 0 Å². The van der Waals surface area contributed by atoms with Gasteiger partial charge >= 0.3 is 5.97 Å². The van der Waals surface area contributed by atoms with E-state index in [0.29, 0.717) is 32.0 Å². The zero-order chi connectivity index (χ0) is 14.7. The van der Waals surface area contributed by atoms with Gasteiger partial charge in [-0.25, -0.2) is 4.39 Å². The summed E-state index contributed by atoms with van der Waals surface area (Å²) in [6.45, 7) is 3.55. The molecule has 108 valence electrons. The summed E-state index contributed by atoms with van der Waals surface area (Å²) in [5.74, 6) is -3.50. The van der Waals surface area contributed by atoms with Gasteiger partial charge in [-0.2, -0.15) is 0 Å². The number of carbonyl (C=O) groups is 2. The van der Waals surface area contributed by atoms with E-state index in [1.807, 2.05) is 4.90 Å². The molecule has 2 rings (SSSR count). The monoisotopic (exact) mass is 281 g/mol. The third kappa shape index (κ3) is 2.96. The van der Waals surface area contributed by atoms with Gasteiger partial charge in [-0.3, -0.25) is 9.59 Å². The molecule has 0 spiro atoms. The molecule has 5 nitrogen and oxygen atoms in total. The lowest BCUT2D eigenvalue weighted by atomic mass is 9.99. The van der Waals surface area contributed by atoms with Gasteiger partial charge in [0.2, 0.25) is 0 Å². The zero-order valence-electron chi connectivity index (χ0n) is 11.1. The number of ether oxygens (including phenoxy) is 1. The number of morpholine rings is 1. The molecule has 1 atom stereocenters. The molecular formula is C14H16FNO4. The summed E-state index contributed by atoms with van der Waals surface area (Å²) in [6, 6.07) is 4.09. The summed E-state index contributed by atoms with van der Waals surface area (Å²) < 4.78 is 19.3. The molecule has 1 aromatic carbocycles. The van der Waals surface area contributed by atoms with Crippen molar-refractivity contribution in [1.29, 1.82) is 0 Å². The first-order chi connectivity index (χ1) is 9.50. The van der Waals surface area contributed by atoms with Crippen LogP contribution in [0.4, 0.5) is 10.1 Å². The molecule has 0 saturated carbocycles. The van der Waals surface area contributed by atoms with Gasteiger partial charge in [0.05, 0.1) is 18.9 Å². The second-order valence-electron chi connectivity index (χ2n) is 4.69. The molecule has 1 N–H and O–H groups in total. The molecule has 6 heteroatoms. The SMILES string of the molecule is CC(C(=O)O)C(=O)c1ccc(N2CCOCC2)c(F)c1. The fraction of sp³-hybridized carbons (Fsp3) is 0.429. The van der Waals surface area contributed by atoms with Crippen LogP contribution < -0.4 is 4.90 Å². The van der Waals surface area contributed by atoms with Crippen molar-refractivity contribution in [1.82, 2.24) is 0 Å². The number of rotatable bonds is 4. The Kier molecular flexibility index (Phi) is 4.34. The van der Waals surface area contributed by atoms with Gasteiger partial charge in [-0.15, -0.1) is 0 Å². The minimum absolute atomic E-state index is 0.0782. The normalized spacial score (nSPS) is 16.8. The average Bonchev–Trinajstić information content (AvgIpc) is 2.46. The number of benzene rings is 1. The van der Waals surface area contributed by atoms with Gasteiger partial charge in [0, 0.05) is 18.7 Å². The van der Waals surface area contributed by atoms with E-state index in [1.54, 1.807) is 0 Å². The number of Topliss-reactive ketones (excluding diaryl/α,β-unsaturated/α-hetero) is 1. The number of ketones is 1. The van der Waals surface area contributed by atoms with Crippen LogP contribution in [0.5, 0.6) is 0 Å². The van der Waals surface area contributed by atoms with Crippen LogP contribution in [0.2, 0.25) is 0 Å². The van der Waals surface area contributed by atoms with Crippen molar-refractivity contribution >= 4 is 17.4 Å². The predicted octanol–water partition coefficient (Wildman–Crippen LogP) is 1.57. The highest BCUT2D eigenvalue weighted by Gasteiger charge is 2.23. The Morgan fingerprint density at radius 2 is 2.00 bits per heavy atom.